The third-order valence-corrected chi connectivity index (χ3v) is 6.98. The van der Waals surface area contributed by atoms with Crippen LogP contribution in [0.4, 0.5) is 20.3 Å². The molecule has 1 N–H and O–H groups in total. The molecular weight excluding hydrogens is 462 g/mol. The summed E-state index contributed by atoms with van der Waals surface area (Å²) in [5.74, 6) is 2.26. The van der Waals surface area contributed by atoms with Crippen molar-refractivity contribution in [2.45, 2.75) is 51.4 Å². The topological polar surface area (TPSA) is 61.7 Å². The number of fused-ring (bicyclic) bond motifs is 1. The van der Waals surface area contributed by atoms with Crippen LogP contribution in [0.2, 0.25) is 0 Å². The van der Waals surface area contributed by atoms with Crippen LogP contribution in [0.3, 0.4) is 0 Å². The van der Waals surface area contributed by atoms with E-state index >= 15 is 0 Å². The Labute approximate surface area is 211 Å². The maximum absolute atomic E-state index is 14.9. The average Bonchev–Trinajstić information content (AvgIpc) is 3.75. The molecule has 1 aromatic heterocycles. The number of piperidine rings is 1. The number of aliphatic hydroxyl groups excluding tert-OH is 1. The number of aromatic nitrogens is 2. The lowest BCUT2D eigenvalue weighted by atomic mass is 9.88. The summed E-state index contributed by atoms with van der Waals surface area (Å²) in [5.41, 5.74) is 1.94. The standard InChI is InChI=1S/C26H30F2N4O2.C2H6/c1-31(11-12-33)23-14-20-22(15-21(23)28)29-25(17-3-4-17)30-26(20)32-9-7-16(8-10-32)19-13-18(27)5-6-24(19)34-2;1-2/h5-6,13-17,33H,3-4,7-12H2,1-2H3;1-2H3. The lowest BCUT2D eigenvalue weighted by Crippen LogP contribution is -2.34. The van der Waals surface area contributed by atoms with Gasteiger partial charge in [0.1, 0.15) is 29.0 Å². The van der Waals surface area contributed by atoms with Crippen LogP contribution in [0.25, 0.3) is 10.9 Å². The van der Waals surface area contributed by atoms with E-state index in [0.717, 1.165) is 67.1 Å². The van der Waals surface area contributed by atoms with Crippen LogP contribution in [-0.4, -0.2) is 55.5 Å². The molecule has 0 bridgehead atoms. The molecule has 2 fully saturated rings. The average molecular weight is 499 g/mol. The van der Waals surface area contributed by atoms with E-state index in [1.807, 2.05) is 13.8 Å². The molecule has 2 heterocycles. The van der Waals surface area contributed by atoms with Gasteiger partial charge in [-0.3, -0.25) is 0 Å². The molecule has 1 aliphatic carbocycles. The summed E-state index contributed by atoms with van der Waals surface area (Å²) in [5, 5.41) is 10.1. The van der Waals surface area contributed by atoms with Crippen LogP contribution in [0.15, 0.2) is 30.3 Å². The second kappa shape index (κ2) is 11.4. The summed E-state index contributed by atoms with van der Waals surface area (Å²) >= 11 is 0. The zero-order valence-corrected chi connectivity index (χ0v) is 21.6. The van der Waals surface area contributed by atoms with Crippen molar-refractivity contribution in [1.29, 1.82) is 0 Å². The van der Waals surface area contributed by atoms with Crippen molar-refractivity contribution in [2.75, 3.05) is 50.2 Å². The molecule has 0 atom stereocenters. The van der Waals surface area contributed by atoms with Crippen molar-refractivity contribution in [1.82, 2.24) is 9.97 Å². The predicted octanol–water partition coefficient (Wildman–Crippen LogP) is 5.63. The van der Waals surface area contributed by atoms with Crippen LogP contribution in [0, 0.1) is 11.6 Å². The van der Waals surface area contributed by atoms with Gasteiger partial charge in [-0.15, -0.1) is 0 Å². The SMILES string of the molecule is CC.COc1ccc(F)cc1C1CCN(c2nc(C3CC3)nc3cc(F)c(N(C)CCO)cc23)CC1. The molecule has 1 saturated heterocycles. The number of anilines is 2. The van der Waals surface area contributed by atoms with Crippen LogP contribution in [0.5, 0.6) is 5.75 Å². The molecule has 5 rings (SSSR count). The van der Waals surface area contributed by atoms with E-state index in [1.54, 1.807) is 37.3 Å². The summed E-state index contributed by atoms with van der Waals surface area (Å²) in [7, 11) is 3.38. The zero-order chi connectivity index (χ0) is 25.8. The lowest BCUT2D eigenvalue weighted by Gasteiger charge is -2.34. The molecule has 0 amide bonds. The van der Waals surface area contributed by atoms with E-state index in [-0.39, 0.29) is 24.2 Å². The van der Waals surface area contributed by atoms with Gasteiger partial charge in [0.05, 0.1) is 24.9 Å². The third kappa shape index (κ3) is 5.38. The monoisotopic (exact) mass is 498 g/mol. The number of likely N-dealkylation sites (N-methyl/N-ethyl adjacent to an activating group) is 1. The highest BCUT2D eigenvalue weighted by molar-refractivity contribution is 5.92. The number of rotatable bonds is 7. The molecule has 8 heteroatoms. The molecule has 6 nitrogen and oxygen atoms in total. The van der Waals surface area contributed by atoms with Gasteiger partial charge in [0.2, 0.25) is 0 Å². The van der Waals surface area contributed by atoms with Crippen molar-refractivity contribution >= 4 is 22.4 Å². The van der Waals surface area contributed by atoms with Gasteiger partial charge in [-0.25, -0.2) is 18.7 Å². The Morgan fingerprint density at radius 1 is 1.03 bits per heavy atom. The largest absolute Gasteiger partial charge is 0.496 e. The Morgan fingerprint density at radius 3 is 2.39 bits per heavy atom. The quantitative estimate of drug-likeness (QED) is 0.455. The first kappa shape index (κ1) is 26.1. The van der Waals surface area contributed by atoms with Crippen molar-refractivity contribution in [3.8, 4) is 5.75 Å². The number of ether oxygens (including phenoxy) is 1. The van der Waals surface area contributed by atoms with E-state index in [0.29, 0.717) is 23.7 Å². The highest BCUT2D eigenvalue weighted by Gasteiger charge is 2.30. The Kier molecular flexibility index (Phi) is 8.24. The van der Waals surface area contributed by atoms with Crippen molar-refractivity contribution < 1.29 is 18.6 Å². The van der Waals surface area contributed by atoms with E-state index < -0.39 is 0 Å². The molecular formula is C28H36F2N4O2. The minimum Gasteiger partial charge on any atom is -0.496 e. The molecule has 1 saturated carbocycles. The third-order valence-electron chi connectivity index (χ3n) is 6.98. The van der Waals surface area contributed by atoms with Gasteiger partial charge in [0.25, 0.3) is 0 Å². The van der Waals surface area contributed by atoms with E-state index in [1.165, 1.54) is 12.1 Å². The van der Waals surface area contributed by atoms with Gasteiger partial charge in [-0.2, -0.15) is 0 Å². The van der Waals surface area contributed by atoms with Crippen molar-refractivity contribution in [3.05, 3.63) is 53.4 Å². The fourth-order valence-corrected chi connectivity index (χ4v) is 4.89. The van der Waals surface area contributed by atoms with Gasteiger partial charge < -0.3 is 19.6 Å². The Hall–Kier alpha value is -3.00. The van der Waals surface area contributed by atoms with Crippen molar-refractivity contribution in [3.63, 3.8) is 0 Å². The summed E-state index contributed by atoms with van der Waals surface area (Å²) in [6.07, 6.45) is 3.80. The minimum atomic E-state index is -0.355. The predicted molar refractivity (Wildman–Crippen MR) is 140 cm³/mol. The minimum absolute atomic E-state index is 0.0605. The van der Waals surface area contributed by atoms with Crippen LogP contribution < -0.4 is 14.5 Å². The van der Waals surface area contributed by atoms with E-state index in [4.69, 9.17) is 14.7 Å². The maximum Gasteiger partial charge on any atom is 0.148 e. The van der Waals surface area contributed by atoms with E-state index in [2.05, 4.69) is 4.90 Å². The Morgan fingerprint density at radius 2 is 1.75 bits per heavy atom. The molecule has 0 radical (unpaired) electrons. The van der Waals surface area contributed by atoms with Gasteiger partial charge in [-0.1, -0.05) is 13.8 Å². The number of halogens is 2. The number of hydrogen-bond acceptors (Lipinski definition) is 6. The zero-order valence-electron chi connectivity index (χ0n) is 21.6. The normalized spacial score (nSPS) is 16.0. The number of benzene rings is 2. The Balaban J connectivity index is 0.00000148. The fraction of sp³-hybridized carbons (Fsp3) is 0.500. The van der Waals surface area contributed by atoms with Gasteiger partial charge in [-0.05, 0) is 55.9 Å². The highest BCUT2D eigenvalue weighted by atomic mass is 19.1. The molecule has 0 spiro atoms. The molecule has 3 aromatic rings. The number of aliphatic hydroxyl groups is 1. The highest BCUT2D eigenvalue weighted by Crippen LogP contribution is 2.42. The summed E-state index contributed by atoms with van der Waals surface area (Å²) in [4.78, 5) is 13.6. The number of hydrogen-bond donors (Lipinski definition) is 1. The molecule has 194 valence electrons. The molecule has 2 aliphatic rings. The van der Waals surface area contributed by atoms with Crippen LogP contribution in [0.1, 0.15) is 62.8 Å². The van der Waals surface area contributed by atoms with Gasteiger partial charge >= 0.3 is 0 Å². The molecule has 36 heavy (non-hydrogen) atoms. The fourth-order valence-electron chi connectivity index (χ4n) is 4.89. The summed E-state index contributed by atoms with van der Waals surface area (Å²) in [6, 6.07) is 7.98. The van der Waals surface area contributed by atoms with E-state index in [9.17, 15) is 13.9 Å². The molecule has 1 aliphatic heterocycles. The summed E-state index contributed by atoms with van der Waals surface area (Å²) < 4.78 is 34.3. The molecule has 0 unspecified atom stereocenters. The first-order valence-corrected chi connectivity index (χ1v) is 12.9. The van der Waals surface area contributed by atoms with Crippen molar-refractivity contribution in [2.24, 2.45) is 0 Å². The van der Waals surface area contributed by atoms with Gasteiger partial charge in [0, 0.05) is 49.6 Å². The second-order valence-corrected chi connectivity index (χ2v) is 9.29. The lowest BCUT2D eigenvalue weighted by molar-refractivity contribution is 0.304. The first-order valence-electron chi connectivity index (χ1n) is 12.9. The van der Waals surface area contributed by atoms with Crippen LogP contribution in [-0.2, 0) is 0 Å². The van der Waals surface area contributed by atoms with Crippen LogP contribution >= 0.6 is 0 Å². The smallest absolute Gasteiger partial charge is 0.148 e. The van der Waals surface area contributed by atoms with Gasteiger partial charge in [0.15, 0.2) is 0 Å². The second-order valence-electron chi connectivity index (χ2n) is 9.29. The first-order chi connectivity index (χ1) is 17.5. The molecule has 2 aromatic carbocycles. The summed E-state index contributed by atoms with van der Waals surface area (Å²) in [6.45, 7) is 5.77. The number of methoxy groups -OCH3 is 1. The number of nitrogens with zero attached hydrogens (tertiary/aromatic N) is 4. The Bertz CT molecular complexity index is 1190. The maximum atomic E-state index is 14.9.